The number of aliphatic hydroxyl groups is 1. The minimum Gasteiger partial charge on any atom is -1.00 e. The molecule has 0 aromatic rings. The highest BCUT2D eigenvalue weighted by molar-refractivity contribution is 5.04. The fourth-order valence-corrected chi connectivity index (χ4v) is 3.17. The molecule has 4 fully saturated rings. The summed E-state index contributed by atoms with van der Waals surface area (Å²) in [7, 11) is 1.75. The van der Waals surface area contributed by atoms with Gasteiger partial charge in [0.05, 0.1) is 24.2 Å². The molecule has 4 bridgehead atoms. The van der Waals surface area contributed by atoms with Crippen LogP contribution in [0.15, 0.2) is 0 Å². The van der Waals surface area contributed by atoms with Gasteiger partial charge in [0.2, 0.25) is 0 Å². The Bertz CT molecular complexity index is 310. The quantitative estimate of drug-likeness (QED) is 0.376. The molecule has 0 aromatic carbocycles. The van der Waals surface area contributed by atoms with E-state index in [-0.39, 0.29) is 52.8 Å². The molecule has 3 nitrogen and oxygen atoms in total. The van der Waals surface area contributed by atoms with E-state index in [4.69, 9.17) is 8.85 Å². The molecule has 1 unspecified atom stereocenters. The van der Waals surface area contributed by atoms with E-state index in [0.717, 1.165) is 6.42 Å². The van der Waals surface area contributed by atoms with Gasteiger partial charge < -0.3 is 38.3 Å². The van der Waals surface area contributed by atoms with Crippen molar-refractivity contribution in [1.29, 1.82) is 0 Å². The largest absolute Gasteiger partial charge is 1.00 e. The van der Waals surface area contributed by atoms with E-state index in [1.54, 1.807) is 7.05 Å². The third-order valence-corrected chi connectivity index (χ3v) is 3.85. The lowest BCUT2D eigenvalue weighted by atomic mass is 9.98. The Labute approximate surface area is 99.9 Å². The Kier molecular flexibility index (Phi) is 1.51. The lowest BCUT2D eigenvalue weighted by Crippen LogP contribution is -3.00. The summed E-state index contributed by atoms with van der Waals surface area (Å²) in [6, 6.07) is -0.212. The minimum absolute atomic E-state index is 0. The van der Waals surface area contributed by atoms with Crippen molar-refractivity contribution in [2.75, 3.05) is 14.0 Å². The predicted molar refractivity (Wildman–Crippen MR) is 43.6 cm³/mol. The number of piperidine rings is 1. The van der Waals surface area contributed by atoms with Gasteiger partial charge in [-0.05, 0) is 0 Å². The van der Waals surface area contributed by atoms with Crippen LogP contribution in [0.25, 0.3) is 0 Å². The average molecular weight is 300 g/mol. The van der Waals surface area contributed by atoms with E-state index in [1.165, 1.54) is 0 Å². The van der Waals surface area contributed by atoms with Crippen molar-refractivity contribution in [1.82, 2.24) is 0 Å². The lowest BCUT2D eigenvalue weighted by molar-refractivity contribution is -0.930. The van der Waals surface area contributed by atoms with Crippen molar-refractivity contribution in [3.05, 3.63) is 0 Å². The molecule has 0 radical (unpaired) electrons. The molecule has 0 aromatic heterocycles. The van der Waals surface area contributed by atoms with Crippen LogP contribution in [0.3, 0.4) is 0 Å². The maximum atomic E-state index is 10.0. The number of ether oxygens (including phenoxy) is 1. The number of hydrogen-bond donors (Lipinski definition) is 1. The van der Waals surface area contributed by atoms with E-state index >= 15 is 0 Å². The molecule has 13 heavy (non-hydrogen) atoms. The van der Waals surface area contributed by atoms with E-state index in [1.807, 2.05) is 0 Å². The highest BCUT2D eigenvalue weighted by Crippen LogP contribution is 2.48. The molecular formula is C9H16INO2. The molecule has 4 rings (SSSR count). The van der Waals surface area contributed by atoms with Crippen molar-refractivity contribution >= 4 is 0 Å². The molecule has 4 saturated heterocycles. The van der Waals surface area contributed by atoms with Gasteiger partial charge in [0.1, 0.15) is 24.3 Å². The fraction of sp³-hybridized carbons (Fsp3) is 1.00. The Morgan fingerprint density at radius 2 is 2.15 bits per heavy atom. The molecule has 4 aliphatic heterocycles. The van der Waals surface area contributed by atoms with E-state index < -0.39 is 13.1 Å². The van der Waals surface area contributed by atoms with Crippen LogP contribution in [0.5, 0.6) is 0 Å². The van der Waals surface area contributed by atoms with Crippen LogP contribution in [0, 0.1) is 0 Å². The maximum Gasteiger partial charge on any atom is 0.141 e. The van der Waals surface area contributed by atoms with Crippen LogP contribution in [0.1, 0.15) is 17.0 Å². The third kappa shape index (κ3) is 1.06. The second-order valence-electron chi connectivity index (χ2n) is 4.47. The highest BCUT2D eigenvalue weighted by Gasteiger charge is 2.66. The second kappa shape index (κ2) is 2.81. The van der Waals surface area contributed by atoms with Crippen molar-refractivity contribution in [2.24, 2.45) is 0 Å². The first kappa shape index (κ1) is 6.98. The molecule has 4 heteroatoms. The number of halogens is 1. The van der Waals surface area contributed by atoms with Gasteiger partial charge in [-0.3, -0.25) is 0 Å². The molecule has 0 aliphatic carbocycles. The number of rotatable bonds is 0. The molecule has 76 valence electrons. The summed E-state index contributed by atoms with van der Waals surface area (Å²) in [6.45, 7) is -2.05. The van der Waals surface area contributed by atoms with Crippen LogP contribution in [-0.2, 0) is 4.74 Å². The zero-order chi connectivity index (χ0) is 11.0. The Morgan fingerprint density at radius 1 is 1.46 bits per heavy atom. The Balaban J connectivity index is 0.000000963. The van der Waals surface area contributed by atoms with Gasteiger partial charge in [-0.1, -0.05) is 0 Å². The summed E-state index contributed by atoms with van der Waals surface area (Å²) in [5.74, 6) is 0. The van der Waals surface area contributed by atoms with Gasteiger partial charge >= 0.3 is 0 Å². The van der Waals surface area contributed by atoms with Crippen molar-refractivity contribution in [3.63, 3.8) is 0 Å². The summed E-state index contributed by atoms with van der Waals surface area (Å²) in [5.41, 5.74) is 0. The zero-order valence-electron chi connectivity index (χ0n) is 10.5. The van der Waals surface area contributed by atoms with E-state index in [0.29, 0.717) is 6.42 Å². The minimum atomic E-state index is -2.05. The SMILES string of the molecule is [2H]C([2H])([2H])[N+]1(C)[C@@H]2C[C@@H]3C[C@H]1[C@H](O)[C@H]2O3.[I-]. The number of hydrogen-bond acceptors (Lipinski definition) is 2. The molecule has 4 heterocycles. The topological polar surface area (TPSA) is 29.5 Å². The zero-order valence-corrected chi connectivity index (χ0v) is 9.64. The monoisotopic (exact) mass is 300 g/mol. The lowest BCUT2D eigenvalue weighted by Gasteiger charge is -2.41. The molecular weight excluding hydrogens is 281 g/mol. The van der Waals surface area contributed by atoms with E-state index in [9.17, 15) is 5.11 Å². The van der Waals surface area contributed by atoms with Gasteiger partial charge in [0, 0.05) is 12.8 Å². The van der Waals surface area contributed by atoms with Crippen LogP contribution < -0.4 is 24.0 Å². The molecule has 6 atom stereocenters. The van der Waals surface area contributed by atoms with Crippen molar-refractivity contribution < 1.29 is 42.4 Å². The molecule has 0 amide bonds. The van der Waals surface area contributed by atoms with Crippen molar-refractivity contribution in [2.45, 2.75) is 43.2 Å². The normalized spacial score (nSPS) is 66.9. The number of aliphatic hydroxyl groups excluding tert-OH is 1. The molecule has 1 N–H and O–H groups in total. The molecule has 0 saturated carbocycles. The van der Waals surface area contributed by atoms with Crippen LogP contribution in [0.4, 0.5) is 0 Å². The first-order valence-corrected chi connectivity index (χ1v) is 4.55. The van der Waals surface area contributed by atoms with E-state index in [2.05, 4.69) is 0 Å². The average Bonchev–Trinajstić information content (AvgIpc) is 2.52. The number of likely N-dealkylation sites (N-methyl/N-ethyl adjacent to an activating group) is 1. The summed E-state index contributed by atoms with van der Waals surface area (Å²) in [6.07, 6.45) is 0.802. The van der Waals surface area contributed by atoms with Gasteiger partial charge in [-0.2, -0.15) is 0 Å². The van der Waals surface area contributed by atoms with Crippen LogP contribution >= 0.6 is 0 Å². The number of quaternary nitrogens is 1. The first-order chi connectivity index (χ1) is 6.85. The summed E-state index contributed by atoms with van der Waals surface area (Å²) >= 11 is 0. The first-order valence-electron chi connectivity index (χ1n) is 6.05. The fourth-order valence-electron chi connectivity index (χ4n) is 3.17. The second-order valence-corrected chi connectivity index (χ2v) is 4.47. The highest BCUT2D eigenvalue weighted by atomic mass is 127. The summed E-state index contributed by atoms with van der Waals surface area (Å²) in [4.78, 5) is 0. The van der Waals surface area contributed by atoms with Crippen LogP contribution in [0.2, 0.25) is 0 Å². The smallest absolute Gasteiger partial charge is 0.141 e. The van der Waals surface area contributed by atoms with Gasteiger partial charge in [0.25, 0.3) is 0 Å². The Hall–Kier alpha value is 0.610. The molecule has 0 spiro atoms. The Morgan fingerprint density at radius 3 is 2.77 bits per heavy atom. The molecule has 4 aliphatic rings. The van der Waals surface area contributed by atoms with Crippen LogP contribution in [-0.4, -0.2) is 54.0 Å². The summed E-state index contributed by atoms with van der Waals surface area (Å²) < 4.78 is 28.6. The maximum absolute atomic E-state index is 10.0. The summed E-state index contributed by atoms with van der Waals surface area (Å²) in [5, 5.41) is 10.0. The third-order valence-electron chi connectivity index (χ3n) is 3.85. The predicted octanol–water partition coefficient (Wildman–Crippen LogP) is -3.26. The van der Waals surface area contributed by atoms with Gasteiger partial charge in [-0.15, -0.1) is 0 Å². The van der Waals surface area contributed by atoms with Gasteiger partial charge in [0.15, 0.2) is 0 Å². The number of nitrogens with zero attached hydrogens (tertiary/aromatic N) is 1. The van der Waals surface area contributed by atoms with Gasteiger partial charge in [-0.25, -0.2) is 0 Å². The van der Waals surface area contributed by atoms with Crippen molar-refractivity contribution in [3.8, 4) is 0 Å². The standard InChI is InChI=1S/C9H16NO2.HI/c1-10(2)6-3-5-4-7(10)9(12-5)8(6)11;/h5-9,11H,3-4H2,1-2H3;1H/q+1;/p-1/t5-,6-,7+,8-,9-;/m0./s1/i1D3;/t5-,6-,7+,8-,9-,10?;.